The van der Waals surface area contributed by atoms with Crippen LogP contribution < -0.4 is 57.9 Å². The van der Waals surface area contributed by atoms with E-state index in [9.17, 15) is 83.7 Å². The van der Waals surface area contributed by atoms with Crippen LogP contribution in [0.25, 0.3) is 0 Å². The number of rotatable bonds is 55. The summed E-state index contributed by atoms with van der Waals surface area (Å²) in [7, 11) is 1.63. The minimum absolute atomic E-state index is 0.0226. The van der Waals surface area contributed by atoms with Crippen molar-refractivity contribution in [1.82, 2.24) is 53.2 Å². The lowest BCUT2D eigenvalue weighted by atomic mass is 9.79. The molecule has 2 saturated heterocycles. The Hall–Kier alpha value is -7.04. The Labute approximate surface area is 664 Å². The molecular weight excluding hydrogens is 1480 g/mol. The average Bonchev–Trinajstić information content (AvgIpc) is 0.818. The summed E-state index contributed by atoms with van der Waals surface area (Å²) in [5.41, 5.74) is 1.11. The van der Waals surface area contributed by atoms with Crippen molar-refractivity contribution in [3.8, 4) is 5.75 Å². The first-order valence-corrected chi connectivity index (χ1v) is 40.1. The molecular formula is C77H134N10O26. The van der Waals surface area contributed by atoms with Crippen LogP contribution in [0.1, 0.15) is 202 Å². The first-order valence-electron chi connectivity index (χ1n) is 40.1. The van der Waals surface area contributed by atoms with Gasteiger partial charge in [0.1, 0.15) is 93.5 Å². The Morgan fingerprint density at radius 1 is 0.460 bits per heavy atom. The molecule has 15 atom stereocenters. The number of aliphatic hydroxyl groups is 7. The summed E-state index contributed by atoms with van der Waals surface area (Å²) in [6.45, 7) is 13.1. The maximum absolute atomic E-state index is 12.6. The molecule has 2 aliphatic heterocycles. The minimum atomic E-state index is -1.49. The monoisotopic (exact) mass is 1610 g/mol. The molecule has 36 heteroatoms. The van der Waals surface area contributed by atoms with Crippen molar-refractivity contribution >= 4 is 59.3 Å². The zero-order chi connectivity index (χ0) is 83.5. The summed E-state index contributed by atoms with van der Waals surface area (Å²) in [4.78, 5) is 120. The Balaban J connectivity index is 0.000000585. The normalized spacial score (nSPS) is 23.3. The number of amides is 10. The number of carbonyl (C=O) groups is 10. The van der Waals surface area contributed by atoms with Crippen molar-refractivity contribution in [2.75, 3.05) is 86.3 Å². The van der Waals surface area contributed by atoms with Crippen molar-refractivity contribution in [2.24, 2.45) is 5.92 Å². The standard InChI is InChI=1S/C40H67N5O11.C37H67N5O15/c1-28(2)55-27-44-36(50)25-35(49)41-21-13-9-10-14-23-54-40-37(45-29(3)46)39(52)38(51)32(56-40)26-43-34(48)19-12-8-6-5-7-11-18-33(47)42-22-20-30-16-15-17-31(24-30)53-4;1-22(2)56-21-40-29(47)18-28(46)38-13-9-5-8-12-16-54-36-31(42-24(4)45)35(51)33(49)27(57-36)20-55-37(52)39-14-10-6-7-11-15-53-26-17-25(19-43)32(48)34(50)30(26)41-23(3)44/h15-17,24,28,32,37-40,51-52H,5-14,18-23,25-27H2,1-4H3,(H,41,49)(H,42,47)(H,43,48)(H,44,50)(H,45,46);22,25-27,30-36,43,48-51H,5-21H2,1-4H3,(H,38,46)(H,39,52)(H,40,47)(H,41,44)(H,42,45). The van der Waals surface area contributed by atoms with Crippen LogP contribution in [0.2, 0.25) is 0 Å². The van der Waals surface area contributed by atoms with Gasteiger partial charge < -0.3 is 132 Å². The van der Waals surface area contributed by atoms with Gasteiger partial charge in [-0.1, -0.05) is 76.3 Å². The molecule has 17 N–H and O–H groups in total. The summed E-state index contributed by atoms with van der Waals surface area (Å²) >= 11 is 0. The number of methoxy groups -OCH3 is 1. The molecule has 113 heavy (non-hydrogen) atoms. The van der Waals surface area contributed by atoms with E-state index in [2.05, 4.69) is 53.2 Å². The topological polar surface area (TPSA) is 516 Å². The van der Waals surface area contributed by atoms with Crippen molar-refractivity contribution in [3.05, 3.63) is 29.8 Å². The third kappa shape index (κ3) is 44.0. The van der Waals surface area contributed by atoms with E-state index < -0.39 is 128 Å². The first-order chi connectivity index (χ1) is 54.0. The van der Waals surface area contributed by atoms with Crippen LogP contribution in [0.5, 0.6) is 5.75 Å². The zero-order valence-corrected chi connectivity index (χ0v) is 67.5. The number of benzene rings is 1. The van der Waals surface area contributed by atoms with E-state index in [0.717, 1.165) is 88.4 Å². The molecule has 15 unspecified atom stereocenters. The molecule has 648 valence electrons. The molecule has 3 aliphatic rings. The van der Waals surface area contributed by atoms with Gasteiger partial charge in [0.25, 0.3) is 0 Å². The van der Waals surface area contributed by atoms with E-state index in [1.165, 1.54) is 20.8 Å². The number of unbranched alkanes of at least 4 members (excludes halogenated alkanes) is 14. The molecule has 1 aliphatic carbocycles. The lowest BCUT2D eigenvalue weighted by Crippen LogP contribution is -2.65. The summed E-state index contributed by atoms with van der Waals surface area (Å²) in [5.74, 6) is -2.74. The molecule has 0 bridgehead atoms. The largest absolute Gasteiger partial charge is 0.497 e. The van der Waals surface area contributed by atoms with Crippen molar-refractivity contribution in [2.45, 2.75) is 300 Å². The molecule has 0 radical (unpaired) electrons. The van der Waals surface area contributed by atoms with Gasteiger partial charge in [-0.15, -0.1) is 0 Å². The van der Waals surface area contributed by atoms with Crippen molar-refractivity contribution in [1.29, 1.82) is 0 Å². The fourth-order valence-corrected chi connectivity index (χ4v) is 12.5. The van der Waals surface area contributed by atoms with Gasteiger partial charge in [-0.2, -0.15) is 0 Å². The quantitative estimate of drug-likeness (QED) is 0.0241. The van der Waals surface area contributed by atoms with Gasteiger partial charge in [-0.25, -0.2) is 4.79 Å². The van der Waals surface area contributed by atoms with E-state index in [4.69, 9.17) is 42.6 Å². The van der Waals surface area contributed by atoms with Crippen LogP contribution in [-0.4, -0.2) is 279 Å². The molecule has 0 spiro atoms. The maximum atomic E-state index is 12.6. The second-order valence-electron chi connectivity index (χ2n) is 29.2. The summed E-state index contributed by atoms with van der Waals surface area (Å²) in [6.07, 6.45) is 1.20. The van der Waals surface area contributed by atoms with Gasteiger partial charge in [0, 0.05) is 98.7 Å². The third-order valence-electron chi connectivity index (χ3n) is 18.7. The second-order valence-corrected chi connectivity index (χ2v) is 29.2. The van der Waals surface area contributed by atoms with Gasteiger partial charge in [0.05, 0.1) is 37.6 Å². The highest BCUT2D eigenvalue weighted by molar-refractivity contribution is 5.97. The molecule has 4 rings (SSSR count). The number of alkyl carbamates (subject to hydrolysis) is 1. The molecule has 3 fully saturated rings. The van der Waals surface area contributed by atoms with Crippen LogP contribution in [0.15, 0.2) is 24.3 Å². The number of ether oxygens (including phenoxy) is 9. The van der Waals surface area contributed by atoms with Gasteiger partial charge in [-0.3, -0.25) is 43.2 Å². The van der Waals surface area contributed by atoms with Gasteiger partial charge >= 0.3 is 6.09 Å². The van der Waals surface area contributed by atoms with Crippen molar-refractivity contribution < 1.29 is 126 Å². The Bertz CT molecular complexity index is 2910. The smallest absolute Gasteiger partial charge is 0.407 e. The Morgan fingerprint density at radius 2 is 0.876 bits per heavy atom. The molecule has 10 amide bonds. The predicted molar refractivity (Wildman–Crippen MR) is 411 cm³/mol. The molecule has 36 nitrogen and oxygen atoms in total. The summed E-state index contributed by atoms with van der Waals surface area (Å²) < 4.78 is 50.3. The first kappa shape index (κ1) is 100. The van der Waals surface area contributed by atoms with Gasteiger partial charge in [-0.05, 0) is 110 Å². The molecule has 1 saturated carbocycles. The lowest BCUT2D eigenvalue weighted by molar-refractivity contribution is -0.270. The maximum Gasteiger partial charge on any atom is 0.407 e. The SMILES string of the molecule is CC(=O)NC1C(OCCCCCCNC(=O)OCC2OC(OCCCCCCNC(=O)CC(=O)NCOC(C)C)C(NC(C)=O)C(O)C2O)CC(CO)C(O)C1O.COc1cccc(CCNC(=O)CCCCCCCCC(=O)NCC2OC(OCCCCCCNC(=O)CC(=O)NCOC(C)C)C(NC(C)=O)C(O)C2O)c1. The van der Waals surface area contributed by atoms with Crippen LogP contribution >= 0.6 is 0 Å². The van der Waals surface area contributed by atoms with E-state index in [1.54, 1.807) is 7.11 Å². The number of hydrogen-bond acceptors (Lipinski definition) is 26. The number of carbonyl (C=O) groups excluding carboxylic acids is 10. The van der Waals surface area contributed by atoms with Gasteiger partial charge in [0.2, 0.25) is 53.2 Å². The number of hydrogen-bond donors (Lipinski definition) is 17. The molecule has 2 heterocycles. The van der Waals surface area contributed by atoms with Crippen LogP contribution in [0.3, 0.4) is 0 Å². The fraction of sp³-hybridized carbons (Fsp3) is 0.792. The highest BCUT2D eigenvalue weighted by Gasteiger charge is 2.48. The van der Waals surface area contributed by atoms with E-state index in [-0.39, 0.29) is 101 Å². The van der Waals surface area contributed by atoms with E-state index >= 15 is 0 Å². The van der Waals surface area contributed by atoms with Crippen LogP contribution in [0, 0.1) is 5.92 Å². The summed E-state index contributed by atoms with van der Waals surface area (Å²) in [6, 6.07) is 4.93. The van der Waals surface area contributed by atoms with Crippen LogP contribution in [-0.2, 0) is 87.5 Å². The van der Waals surface area contributed by atoms with Crippen molar-refractivity contribution in [3.63, 3.8) is 0 Å². The van der Waals surface area contributed by atoms with Gasteiger partial charge in [0.15, 0.2) is 12.6 Å². The van der Waals surface area contributed by atoms with E-state index in [1.807, 2.05) is 52.0 Å². The Morgan fingerprint density at radius 3 is 1.36 bits per heavy atom. The lowest BCUT2D eigenvalue weighted by Gasteiger charge is -2.42. The highest BCUT2D eigenvalue weighted by atomic mass is 16.7. The summed E-state index contributed by atoms with van der Waals surface area (Å²) in [5, 5.41) is 99.8. The number of aliphatic hydroxyl groups excluding tert-OH is 7. The molecule has 0 aromatic heterocycles. The highest BCUT2D eigenvalue weighted by Crippen LogP contribution is 2.29. The zero-order valence-electron chi connectivity index (χ0n) is 67.5. The van der Waals surface area contributed by atoms with Crippen LogP contribution in [0.4, 0.5) is 4.79 Å². The molecule has 1 aromatic carbocycles. The fourth-order valence-electron chi connectivity index (χ4n) is 12.5. The molecule has 1 aromatic rings. The Kier molecular flexibility index (Phi) is 52.1. The number of nitrogens with one attached hydrogen (secondary N) is 10. The minimum Gasteiger partial charge on any atom is -0.497 e. The third-order valence-corrected chi connectivity index (χ3v) is 18.7. The predicted octanol–water partition coefficient (Wildman–Crippen LogP) is 0.555. The average molecular weight is 1620 g/mol. The second kappa shape index (κ2) is 58.7. The van der Waals surface area contributed by atoms with E-state index in [0.29, 0.717) is 90.6 Å².